The highest BCUT2D eigenvalue weighted by Crippen LogP contribution is 2.08. The van der Waals surface area contributed by atoms with Gasteiger partial charge in [0.1, 0.15) is 0 Å². The Kier molecular flexibility index (Phi) is 9.83. The van der Waals surface area contributed by atoms with Gasteiger partial charge in [0.2, 0.25) is 0 Å². The van der Waals surface area contributed by atoms with Crippen LogP contribution in [0.15, 0.2) is 11.6 Å². The van der Waals surface area contributed by atoms with Crippen LogP contribution in [0.1, 0.15) is 52.9 Å². The summed E-state index contributed by atoms with van der Waals surface area (Å²) >= 11 is 0. The zero-order valence-electron chi connectivity index (χ0n) is 11.5. The Labute approximate surface area is 105 Å². The predicted octanol–water partition coefficient (Wildman–Crippen LogP) is 3.21. The van der Waals surface area contributed by atoms with Crippen molar-refractivity contribution in [3.63, 3.8) is 0 Å². The molecule has 0 atom stereocenters. The van der Waals surface area contributed by atoms with Gasteiger partial charge in [-0.1, -0.05) is 45.6 Å². The lowest BCUT2D eigenvalue weighted by Crippen LogP contribution is -2.16. The number of nitrogens with one attached hydrogen (secondary N) is 1. The average molecular weight is 241 g/mol. The second kappa shape index (κ2) is 10.3. The highest BCUT2D eigenvalue weighted by atomic mass is 16.4. The number of hydrogen-bond acceptors (Lipinski definition) is 2. The van der Waals surface area contributed by atoms with E-state index in [0.29, 0.717) is 12.1 Å². The maximum Gasteiger partial charge on any atom is 0.330 e. The van der Waals surface area contributed by atoms with Crippen molar-refractivity contribution >= 4 is 5.97 Å². The van der Waals surface area contributed by atoms with Gasteiger partial charge < -0.3 is 10.4 Å². The molecule has 0 rings (SSSR count). The first kappa shape index (κ1) is 16.2. The lowest BCUT2D eigenvalue weighted by Gasteiger charge is -2.04. The fourth-order valence-corrected chi connectivity index (χ4v) is 1.57. The Morgan fingerprint density at radius 2 is 1.88 bits per heavy atom. The van der Waals surface area contributed by atoms with Gasteiger partial charge in [-0.15, -0.1) is 0 Å². The number of carbonyl (C=O) groups is 1. The Morgan fingerprint density at radius 1 is 1.24 bits per heavy atom. The predicted molar refractivity (Wildman–Crippen MR) is 72.2 cm³/mol. The smallest absolute Gasteiger partial charge is 0.330 e. The van der Waals surface area contributed by atoms with Crippen molar-refractivity contribution in [1.82, 2.24) is 5.32 Å². The van der Waals surface area contributed by atoms with Gasteiger partial charge in [-0.3, -0.25) is 0 Å². The summed E-state index contributed by atoms with van der Waals surface area (Å²) in [5.41, 5.74) is 0.412. The molecular formula is C14H27NO2. The monoisotopic (exact) mass is 241 g/mol. The Hall–Kier alpha value is -0.830. The standard InChI is InChI=1S/C14H27NO2/c1-12(2)8-6-4-5-7-10-15-11-9-13(3)14(16)17/h9,12,15H,4-8,10-11H2,1-3H3,(H,16,17)/b13-9-. The molecular weight excluding hydrogens is 214 g/mol. The molecule has 0 aromatic heterocycles. The van der Waals surface area contributed by atoms with Crippen molar-refractivity contribution in [2.75, 3.05) is 13.1 Å². The third-order valence-corrected chi connectivity index (χ3v) is 2.77. The molecule has 0 aromatic carbocycles. The number of unbranched alkanes of at least 4 members (excludes halogenated alkanes) is 3. The molecule has 0 unspecified atom stereocenters. The zero-order chi connectivity index (χ0) is 13.1. The first-order valence-corrected chi connectivity index (χ1v) is 6.64. The minimum Gasteiger partial charge on any atom is -0.478 e. The first-order chi connectivity index (χ1) is 8.04. The summed E-state index contributed by atoms with van der Waals surface area (Å²) in [5, 5.41) is 11.9. The van der Waals surface area contributed by atoms with Crippen LogP contribution >= 0.6 is 0 Å². The van der Waals surface area contributed by atoms with Crippen LogP contribution in [-0.4, -0.2) is 24.2 Å². The third kappa shape index (κ3) is 11.4. The molecule has 0 saturated heterocycles. The second-order valence-corrected chi connectivity index (χ2v) is 4.99. The van der Waals surface area contributed by atoms with Crippen LogP contribution < -0.4 is 5.32 Å². The number of rotatable bonds is 10. The van der Waals surface area contributed by atoms with Gasteiger partial charge in [0, 0.05) is 12.1 Å². The molecule has 0 amide bonds. The topological polar surface area (TPSA) is 49.3 Å². The molecule has 3 heteroatoms. The van der Waals surface area contributed by atoms with E-state index in [0.717, 1.165) is 12.5 Å². The van der Waals surface area contributed by atoms with Crippen LogP contribution in [0.4, 0.5) is 0 Å². The lowest BCUT2D eigenvalue weighted by molar-refractivity contribution is -0.132. The largest absolute Gasteiger partial charge is 0.478 e. The van der Waals surface area contributed by atoms with Gasteiger partial charge in [-0.25, -0.2) is 4.79 Å². The van der Waals surface area contributed by atoms with E-state index in [1.807, 2.05) is 0 Å². The van der Waals surface area contributed by atoms with Crippen molar-refractivity contribution in [1.29, 1.82) is 0 Å². The van der Waals surface area contributed by atoms with Crippen LogP contribution in [0, 0.1) is 5.92 Å². The molecule has 0 spiro atoms. The van der Waals surface area contributed by atoms with Crippen LogP contribution in [0.3, 0.4) is 0 Å². The van der Waals surface area contributed by atoms with Crippen LogP contribution in [-0.2, 0) is 4.79 Å². The molecule has 0 heterocycles. The fraction of sp³-hybridized carbons (Fsp3) is 0.786. The number of carboxylic acid groups (broad SMARTS) is 1. The molecule has 0 radical (unpaired) electrons. The summed E-state index contributed by atoms with van der Waals surface area (Å²) in [7, 11) is 0. The van der Waals surface area contributed by atoms with Crippen molar-refractivity contribution < 1.29 is 9.90 Å². The number of aliphatic carboxylic acids is 1. The Morgan fingerprint density at radius 3 is 2.47 bits per heavy atom. The average Bonchev–Trinajstić information content (AvgIpc) is 2.25. The quantitative estimate of drug-likeness (QED) is 0.456. The minimum atomic E-state index is -0.833. The molecule has 3 nitrogen and oxygen atoms in total. The summed E-state index contributed by atoms with van der Waals surface area (Å²) in [5.74, 6) is -0.0160. The molecule has 0 aliphatic rings. The highest BCUT2D eigenvalue weighted by Gasteiger charge is 1.97. The maximum absolute atomic E-state index is 10.5. The molecule has 0 aliphatic carbocycles. The van der Waals surface area contributed by atoms with E-state index in [9.17, 15) is 4.79 Å². The van der Waals surface area contributed by atoms with E-state index < -0.39 is 5.97 Å². The SMILES string of the molecule is C/C(=C/CNCCCCCCC(C)C)C(=O)O. The van der Waals surface area contributed by atoms with Crippen molar-refractivity contribution in [3.8, 4) is 0 Å². The normalized spacial score (nSPS) is 12.1. The van der Waals surface area contributed by atoms with Gasteiger partial charge in [-0.2, -0.15) is 0 Å². The van der Waals surface area contributed by atoms with Crippen molar-refractivity contribution in [3.05, 3.63) is 11.6 Å². The van der Waals surface area contributed by atoms with Gasteiger partial charge in [-0.05, 0) is 25.8 Å². The molecule has 100 valence electrons. The van der Waals surface area contributed by atoms with Crippen molar-refractivity contribution in [2.45, 2.75) is 52.9 Å². The second-order valence-electron chi connectivity index (χ2n) is 4.99. The van der Waals surface area contributed by atoms with Gasteiger partial charge in [0.25, 0.3) is 0 Å². The number of carboxylic acids is 1. The van der Waals surface area contributed by atoms with E-state index in [1.165, 1.54) is 32.1 Å². The van der Waals surface area contributed by atoms with E-state index in [2.05, 4.69) is 19.2 Å². The highest BCUT2D eigenvalue weighted by molar-refractivity contribution is 5.85. The molecule has 0 saturated carbocycles. The van der Waals surface area contributed by atoms with E-state index in [-0.39, 0.29) is 0 Å². The van der Waals surface area contributed by atoms with Crippen molar-refractivity contribution in [2.24, 2.45) is 5.92 Å². The Balaban J connectivity index is 3.24. The summed E-state index contributed by atoms with van der Waals surface area (Å²) in [6, 6.07) is 0. The van der Waals surface area contributed by atoms with Crippen LogP contribution in [0.25, 0.3) is 0 Å². The van der Waals surface area contributed by atoms with E-state index in [4.69, 9.17) is 5.11 Å². The van der Waals surface area contributed by atoms with Crippen LogP contribution in [0.5, 0.6) is 0 Å². The molecule has 0 fully saturated rings. The third-order valence-electron chi connectivity index (χ3n) is 2.77. The summed E-state index contributed by atoms with van der Waals surface area (Å²) in [4.78, 5) is 10.5. The van der Waals surface area contributed by atoms with E-state index >= 15 is 0 Å². The summed E-state index contributed by atoms with van der Waals surface area (Å²) < 4.78 is 0. The number of hydrogen-bond donors (Lipinski definition) is 2. The van der Waals surface area contributed by atoms with E-state index in [1.54, 1.807) is 13.0 Å². The van der Waals surface area contributed by atoms with Gasteiger partial charge >= 0.3 is 5.97 Å². The fourth-order valence-electron chi connectivity index (χ4n) is 1.57. The maximum atomic E-state index is 10.5. The molecule has 2 N–H and O–H groups in total. The lowest BCUT2D eigenvalue weighted by atomic mass is 10.0. The molecule has 0 aromatic rings. The zero-order valence-corrected chi connectivity index (χ0v) is 11.5. The molecule has 0 bridgehead atoms. The molecule has 0 aliphatic heterocycles. The van der Waals surface area contributed by atoms with Gasteiger partial charge in [0.05, 0.1) is 0 Å². The van der Waals surface area contributed by atoms with Gasteiger partial charge in [0.15, 0.2) is 0 Å². The first-order valence-electron chi connectivity index (χ1n) is 6.64. The van der Waals surface area contributed by atoms with Crippen LogP contribution in [0.2, 0.25) is 0 Å². The Bertz CT molecular complexity index is 234. The molecule has 17 heavy (non-hydrogen) atoms. The summed E-state index contributed by atoms with van der Waals surface area (Å²) in [6.45, 7) is 7.78. The minimum absolute atomic E-state index is 0.412. The summed E-state index contributed by atoms with van der Waals surface area (Å²) in [6.07, 6.45) is 8.13.